The smallest absolute Gasteiger partial charge is 0.127 e. The summed E-state index contributed by atoms with van der Waals surface area (Å²) in [4.78, 5) is 10.6. The monoisotopic (exact) mass is 192 g/mol. The van der Waals surface area contributed by atoms with Crippen LogP contribution in [-0.2, 0) is 11.2 Å². The number of ether oxygens (including phenoxy) is 1. The SMILES string of the molecule is CCc1ccc(C(C)C=O)cc1OC. The van der Waals surface area contributed by atoms with Crippen LogP contribution in [0.2, 0.25) is 0 Å². The van der Waals surface area contributed by atoms with Gasteiger partial charge in [-0.15, -0.1) is 0 Å². The van der Waals surface area contributed by atoms with Gasteiger partial charge in [0.1, 0.15) is 12.0 Å². The maximum Gasteiger partial charge on any atom is 0.127 e. The average molecular weight is 192 g/mol. The van der Waals surface area contributed by atoms with E-state index in [9.17, 15) is 4.79 Å². The van der Waals surface area contributed by atoms with Gasteiger partial charge in [0.05, 0.1) is 7.11 Å². The predicted molar refractivity (Wildman–Crippen MR) is 56.9 cm³/mol. The van der Waals surface area contributed by atoms with E-state index >= 15 is 0 Å². The van der Waals surface area contributed by atoms with E-state index in [1.165, 1.54) is 5.56 Å². The molecular formula is C12H16O2. The Morgan fingerprint density at radius 2 is 2.21 bits per heavy atom. The first-order valence-electron chi connectivity index (χ1n) is 4.85. The summed E-state index contributed by atoms with van der Waals surface area (Å²) in [6.07, 6.45) is 1.89. The maximum atomic E-state index is 10.6. The largest absolute Gasteiger partial charge is 0.496 e. The van der Waals surface area contributed by atoms with Crippen molar-refractivity contribution in [1.82, 2.24) is 0 Å². The van der Waals surface area contributed by atoms with Crippen molar-refractivity contribution in [1.29, 1.82) is 0 Å². The molecule has 0 saturated carbocycles. The van der Waals surface area contributed by atoms with Crippen LogP contribution in [-0.4, -0.2) is 13.4 Å². The fraction of sp³-hybridized carbons (Fsp3) is 0.417. The van der Waals surface area contributed by atoms with Crippen molar-refractivity contribution in [3.63, 3.8) is 0 Å². The molecule has 1 atom stereocenters. The van der Waals surface area contributed by atoms with E-state index in [1.807, 2.05) is 25.1 Å². The molecule has 14 heavy (non-hydrogen) atoms. The molecule has 1 aromatic carbocycles. The van der Waals surface area contributed by atoms with Crippen molar-refractivity contribution >= 4 is 6.29 Å². The minimum Gasteiger partial charge on any atom is -0.496 e. The molecule has 2 nitrogen and oxygen atoms in total. The fourth-order valence-corrected chi connectivity index (χ4v) is 1.42. The van der Waals surface area contributed by atoms with Gasteiger partial charge in [-0.05, 0) is 23.6 Å². The second kappa shape index (κ2) is 4.80. The van der Waals surface area contributed by atoms with Crippen molar-refractivity contribution in [3.8, 4) is 5.75 Å². The highest BCUT2D eigenvalue weighted by Gasteiger charge is 2.07. The van der Waals surface area contributed by atoms with E-state index in [-0.39, 0.29) is 5.92 Å². The molecule has 2 heteroatoms. The quantitative estimate of drug-likeness (QED) is 0.685. The van der Waals surface area contributed by atoms with E-state index in [2.05, 4.69) is 6.92 Å². The topological polar surface area (TPSA) is 26.3 Å². The van der Waals surface area contributed by atoms with Crippen LogP contribution in [0.4, 0.5) is 0 Å². The molecule has 1 rings (SSSR count). The highest BCUT2D eigenvalue weighted by atomic mass is 16.5. The number of rotatable bonds is 4. The van der Waals surface area contributed by atoms with Gasteiger partial charge >= 0.3 is 0 Å². The summed E-state index contributed by atoms with van der Waals surface area (Å²) >= 11 is 0. The number of carbonyl (C=O) groups is 1. The number of aryl methyl sites for hydroxylation is 1. The van der Waals surface area contributed by atoms with E-state index in [4.69, 9.17) is 4.74 Å². The number of carbonyl (C=O) groups excluding carboxylic acids is 1. The normalized spacial score (nSPS) is 12.2. The van der Waals surface area contributed by atoms with Gasteiger partial charge in [-0.25, -0.2) is 0 Å². The van der Waals surface area contributed by atoms with Gasteiger partial charge in [-0.3, -0.25) is 0 Å². The highest BCUT2D eigenvalue weighted by Crippen LogP contribution is 2.24. The molecule has 0 heterocycles. The molecule has 0 saturated heterocycles. The lowest BCUT2D eigenvalue weighted by Crippen LogP contribution is -1.97. The molecule has 0 aromatic heterocycles. The molecule has 76 valence electrons. The first kappa shape index (κ1) is 10.8. The standard InChI is InChI=1S/C12H16O2/c1-4-10-5-6-11(9(2)8-13)7-12(10)14-3/h5-9H,4H2,1-3H3. The zero-order chi connectivity index (χ0) is 10.6. The Balaban J connectivity index is 3.06. The molecule has 0 bridgehead atoms. The van der Waals surface area contributed by atoms with Crippen LogP contribution in [0.5, 0.6) is 5.75 Å². The van der Waals surface area contributed by atoms with E-state index in [0.717, 1.165) is 24.0 Å². The van der Waals surface area contributed by atoms with Gasteiger partial charge < -0.3 is 9.53 Å². The van der Waals surface area contributed by atoms with Crippen molar-refractivity contribution in [2.45, 2.75) is 26.2 Å². The number of hydrogen-bond donors (Lipinski definition) is 0. The van der Waals surface area contributed by atoms with Gasteiger partial charge in [-0.1, -0.05) is 26.0 Å². The third kappa shape index (κ3) is 2.13. The molecule has 0 aliphatic rings. The van der Waals surface area contributed by atoms with Crippen LogP contribution < -0.4 is 4.74 Å². The lowest BCUT2D eigenvalue weighted by atomic mass is 10.00. The van der Waals surface area contributed by atoms with Crippen LogP contribution in [0, 0.1) is 0 Å². The summed E-state index contributed by atoms with van der Waals surface area (Å²) in [5.41, 5.74) is 2.18. The van der Waals surface area contributed by atoms with E-state index in [1.54, 1.807) is 7.11 Å². The summed E-state index contributed by atoms with van der Waals surface area (Å²) in [6.45, 7) is 3.97. The molecule has 0 N–H and O–H groups in total. The Kier molecular flexibility index (Phi) is 3.69. The van der Waals surface area contributed by atoms with Gasteiger partial charge in [-0.2, -0.15) is 0 Å². The van der Waals surface area contributed by atoms with Gasteiger partial charge in [0.25, 0.3) is 0 Å². The zero-order valence-corrected chi connectivity index (χ0v) is 8.91. The van der Waals surface area contributed by atoms with E-state index < -0.39 is 0 Å². The van der Waals surface area contributed by atoms with Gasteiger partial charge in [0.2, 0.25) is 0 Å². The third-order valence-corrected chi connectivity index (χ3v) is 2.42. The number of hydrogen-bond acceptors (Lipinski definition) is 2. The predicted octanol–water partition coefficient (Wildman–Crippen LogP) is 2.56. The molecule has 0 fully saturated rings. The van der Waals surface area contributed by atoms with Crippen molar-refractivity contribution < 1.29 is 9.53 Å². The zero-order valence-electron chi connectivity index (χ0n) is 8.91. The Bertz CT molecular complexity index is 318. The first-order chi connectivity index (χ1) is 6.72. The van der Waals surface area contributed by atoms with Gasteiger partial charge in [0.15, 0.2) is 0 Å². The Labute approximate surface area is 84.9 Å². The summed E-state index contributed by atoms with van der Waals surface area (Å²) in [5.74, 6) is 0.813. The minimum atomic E-state index is -0.0604. The molecule has 0 spiro atoms. The minimum absolute atomic E-state index is 0.0604. The molecule has 0 aliphatic heterocycles. The number of methoxy groups -OCH3 is 1. The second-order valence-corrected chi connectivity index (χ2v) is 3.35. The van der Waals surface area contributed by atoms with Crippen LogP contribution in [0.3, 0.4) is 0 Å². The molecule has 1 unspecified atom stereocenters. The summed E-state index contributed by atoms with van der Waals surface area (Å²) in [6, 6.07) is 5.95. The van der Waals surface area contributed by atoms with Crippen molar-refractivity contribution in [2.75, 3.05) is 7.11 Å². The second-order valence-electron chi connectivity index (χ2n) is 3.35. The lowest BCUT2D eigenvalue weighted by Gasteiger charge is -2.10. The summed E-state index contributed by atoms with van der Waals surface area (Å²) < 4.78 is 5.26. The molecule has 0 amide bonds. The van der Waals surface area contributed by atoms with Gasteiger partial charge in [0, 0.05) is 5.92 Å². The Hall–Kier alpha value is -1.31. The van der Waals surface area contributed by atoms with Crippen LogP contribution >= 0.6 is 0 Å². The summed E-state index contributed by atoms with van der Waals surface area (Å²) in [7, 11) is 1.66. The average Bonchev–Trinajstić information content (AvgIpc) is 2.26. The van der Waals surface area contributed by atoms with E-state index in [0.29, 0.717) is 0 Å². The van der Waals surface area contributed by atoms with Crippen molar-refractivity contribution in [3.05, 3.63) is 29.3 Å². The first-order valence-corrected chi connectivity index (χ1v) is 4.85. The molecular weight excluding hydrogens is 176 g/mol. The Morgan fingerprint density at radius 3 is 2.71 bits per heavy atom. The third-order valence-electron chi connectivity index (χ3n) is 2.42. The molecule has 0 aliphatic carbocycles. The summed E-state index contributed by atoms with van der Waals surface area (Å²) in [5, 5.41) is 0. The van der Waals surface area contributed by atoms with Crippen molar-refractivity contribution in [2.24, 2.45) is 0 Å². The molecule has 0 radical (unpaired) electrons. The van der Waals surface area contributed by atoms with Crippen LogP contribution in [0.15, 0.2) is 18.2 Å². The number of benzene rings is 1. The molecule has 1 aromatic rings. The van der Waals surface area contributed by atoms with Crippen LogP contribution in [0.25, 0.3) is 0 Å². The fourth-order valence-electron chi connectivity index (χ4n) is 1.42. The van der Waals surface area contributed by atoms with Crippen LogP contribution in [0.1, 0.15) is 30.9 Å². The lowest BCUT2D eigenvalue weighted by molar-refractivity contribution is -0.108. The Morgan fingerprint density at radius 1 is 1.50 bits per heavy atom. The highest BCUT2D eigenvalue weighted by molar-refractivity contribution is 5.62. The number of aldehydes is 1. The maximum absolute atomic E-state index is 10.6.